The standard InChI is InChI=1S/C14H22O6.C5H8O2/c1-11(2)13(15)19-9-7-17-5-6-18-8-10-20-14(16)12(3)4;1-4(2)5(6)7-3/h1,3,5-10H2,2,4H3;1H2,2-3H3. The van der Waals surface area contributed by atoms with Crippen LogP contribution in [0.1, 0.15) is 20.8 Å². The Morgan fingerprint density at radius 2 is 0.889 bits per heavy atom. The van der Waals surface area contributed by atoms with Crippen LogP contribution in [0.2, 0.25) is 0 Å². The zero-order valence-electron chi connectivity index (χ0n) is 16.6. The highest BCUT2D eigenvalue weighted by Crippen LogP contribution is 1.93. The second-order valence-corrected chi connectivity index (χ2v) is 5.33. The summed E-state index contributed by atoms with van der Waals surface area (Å²) in [5.41, 5.74) is 1.15. The van der Waals surface area contributed by atoms with Crippen LogP contribution in [0.15, 0.2) is 36.5 Å². The van der Waals surface area contributed by atoms with E-state index in [1.807, 2.05) is 0 Å². The smallest absolute Gasteiger partial charge is 0.333 e. The second kappa shape index (κ2) is 17.0. The van der Waals surface area contributed by atoms with Crippen molar-refractivity contribution in [1.29, 1.82) is 0 Å². The van der Waals surface area contributed by atoms with Crippen molar-refractivity contribution >= 4 is 17.9 Å². The lowest BCUT2D eigenvalue weighted by Crippen LogP contribution is -2.15. The Balaban J connectivity index is 0. The highest BCUT2D eigenvalue weighted by atomic mass is 16.6. The summed E-state index contributed by atoms with van der Waals surface area (Å²) in [4.78, 5) is 32.2. The van der Waals surface area contributed by atoms with E-state index < -0.39 is 11.9 Å². The van der Waals surface area contributed by atoms with E-state index >= 15 is 0 Å². The van der Waals surface area contributed by atoms with Gasteiger partial charge in [-0.1, -0.05) is 19.7 Å². The molecule has 0 radical (unpaired) electrons. The molecule has 0 saturated heterocycles. The lowest BCUT2D eigenvalue weighted by atomic mass is 10.4. The highest BCUT2D eigenvalue weighted by Gasteiger charge is 2.03. The van der Waals surface area contributed by atoms with Gasteiger partial charge in [-0.25, -0.2) is 14.4 Å². The molecule has 0 saturated carbocycles. The summed E-state index contributed by atoms with van der Waals surface area (Å²) in [6, 6.07) is 0. The van der Waals surface area contributed by atoms with E-state index in [4.69, 9.17) is 18.9 Å². The summed E-state index contributed by atoms with van der Waals surface area (Å²) < 4.78 is 24.3. The van der Waals surface area contributed by atoms with Gasteiger partial charge in [-0.15, -0.1) is 0 Å². The minimum Gasteiger partial charge on any atom is -0.466 e. The Kier molecular flexibility index (Phi) is 16.8. The number of hydrogen-bond acceptors (Lipinski definition) is 8. The summed E-state index contributed by atoms with van der Waals surface area (Å²) in [7, 11) is 1.33. The first kappa shape index (κ1) is 26.8. The van der Waals surface area contributed by atoms with Gasteiger partial charge >= 0.3 is 17.9 Å². The monoisotopic (exact) mass is 386 g/mol. The van der Waals surface area contributed by atoms with Crippen LogP contribution in [0.5, 0.6) is 0 Å². The molecular weight excluding hydrogens is 356 g/mol. The van der Waals surface area contributed by atoms with Crippen LogP contribution in [0.3, 0.4) is 0 Å². The Hall–Kier alpha value is -2.45. The molecule has 0 aliphatic heterocycles. The van der Waals surface area contributed by atoms with Crippen molar-refractivity contribution in [1.82, 2.24) is 0 Å². The molecule has 0 aliphatic rings. The largest absolute Gasteiger partial charge is 0.466 e. The van der Waals surface area contributed by atoms with Crippen molar-refractivity contribution in [3.63, 3.8) is 0 Å². The van der Waals surface area contributed by atoms with E-state index in [9.17, 15) is 14.4 Å². The molecule has 0 aromatic carbocycles. The van der Waals surface area contributed by atoms with Gasteiger partial charge in [0.1, 0.15) is 13.2 Å². The predicted molar refractivity (Wildman–Crippen MR) is 100 cm³/mol. The van der Waals surface area contributed by atoms with E-state index in [2.05, 4.69) is 24.5 Å². The van der Waals surface area contributed by atoms with E-state index in [0.29, 0.717) is 43.1 Å². The lowest BCUT2D eigenvalue weighted by Gasteiger charge is -2.07. The van der Waals surface area contributed by atoms with Crippen LogP contribution in [-0.4, -0.2) is 64.7 Å². The van der Waals surface area contributed by atoms with Crippen molar-refractivity contribution < 1.29 is 38.1 Å². The van der Waals surface area contributed by atoms with Crippen LogP contribution in [0.4, 0.5) is 0 Å². The van der Waals surface area contributed by atoms with E-state index in [1.165, 1.54) is 7.11 Å². The fourth-order valence-corrected chi connectivity index (χ4v) is 1.13. The molecule has 0 aliphatic carbocycles. The number of hydrogen-bond donors (Lipinski definition) is 0. The van der Waals surface area contributed by atoms with Crippen molar-refractivity contribution in [3.8, 4) is 0 Å². The third-order valence-electron chi connectivity index (χ3n) is 2.52. The lowest BCUT2D eigenvalue weighted by molar-refractivity contribution is -0.142. The number of carbonyl (C=O) groups is 3. The van der Waals surface area contributed by atoms with Gasteiger partial charge in [-0.2, -0.15) is 0 Å². The first-order valence-corrected chi connectivity index (χ1v) is 8.18. The average Bonchev–Trinajstić information content (AvgIpc) is 2.62. The van der Waals surface area contributed by atoms with Crippen LogP contribution >= 0.6 is 0 Å². The van der Waals surface area contributed by atoms with Crippen LogP contribution in [-0.2, 0) is 38.1 Å². The molecule has 0 heterocycles. The minimum absolute atomic E-state index is 0.182. The maximum Gasteiger partial charge on any atom is 0.333 e. The van der Waals surface area contributed by atoms with Gasteiger partial charge in [-0.05, 0) is 20.8 Å². The SMILES string of the molecule is C=C(C)C(=O)OC.C=C(C)C(=O)OCCOCCOCCOC(=O)C(=C)C. The third kappa shape index (κ3) is 18.1. The zero-order valence-corrected chi connectivity index (χ0v) is 16.6. The van der Waals surface area contributed by atoms with Crippen molar-refractivity contribution in [3.05, 3.63) is 36.5 Å². The molecule has 0 aromatic rings. The summed E-state index contributed by atoms with van der Waals surface area (Å²) in [5, 5.41) is 0. The van der Waals surface area contributed by atoms with Crippen molar-refractivity contribution in [2.45, 2.75) is 20.8 Å². The van der Waals surface area contributed by atoms with Gasteiger partial charge in [0.25, 0.3) is 0 Å². The maximum absolute atomic E-state index is 11.0. The van der Waals surface area contributed by atoms with Crippen molar-refractivity contribution in [2.24, 2.45) is 0 Å². The first-order chi connectivity index (χ1) is 12.6. The fourth-order valence-electron chi connectivity index (χ4n) is 1.13. The molecule has 0 unspecified atom stereocenters. The summed E-state index contributed by atoms with van der Waals surface area (Å²) in [6.45, 7) is 16.7. The molecule has 8 nitrogen and oxygen atoms in total. The summed E-state index contributed by atoms with van der Waals surface area (Å²) in [6.07, 6.45) is 0. The first-order valence-electron chi connectivity index (χ1n) is 8.18. The van der Waals surface area contributed by atoms with Gasteiger partial charge in [0.05, 0.1) is 33.5 Å². The Morgan fingerprint density at radius 1 is 0.593 bits per heavy atom. The fraction of sp³-hybridized carbons (Fsp3) is 0.526. The maximum atomic E-state index is 11.0. The normalized spacial score (nSPS) is 9.33. The quantitative estimate of drug-likeness (QED) is 0.217. The second-order valence-electron chi connectivity index (χ2n) is 5.33. The molecule has 0 aromatic heterocycles. The molecule has 0 bridgehead atoms. The molecule has 0 atom stereocenters. The molecule has 0 fully saturated rings. The molecular formula is C19H30O8. The molecule has 154 valence electrons. The number of rotatable bonds is 12. The summed E-state index contributed by atoms with van der Waals surface area (Å²) >= 11 is 0. The molecule has 0 rings (SSSR count). The van der Waals surface area contributed by atoms with Crippen LogP contribution in [0.25, 0.3) is 0 Å². The van der Waals surface area contributed by atoms with Gasteiger partial charge in [0.2, 0.25) is 0 Å². The van der Waals surface area contributed by atoms with Gasteiger partial charge < -0.3 is 23.7 Å². The Labute approximate surface area is 160 Å². The Bertz CT molecular complexity index is 488. The average molecular weight is 386 g/mol. The minimum atomic E-state index is -0.427. The Morgan fingerprint density at radius 3 is 1.11 bits per heavy atom. The van der Waals surface area contributed by atoms with Gasteiger partial charge in [0, 0.05) is 16.7 Å². The van der Waals surface area contributed by atoms with Crippen molar-refractivity contribution in [2.75, 3.05) is 46.8 Å². The topological polar surface area (TPSA) is 97.4 Å². The highest BCUT2D eigenvalue weighted by molar-refractivity contribution is 5.87. The third-order valence-corrected chi connectivity index (χ3v) is 2.52. The number of carbonyl (C=O) groups excluding carboxylic acids is 3. The van der Waals surface area contributed by atoms with Gasteiger partial charge in [0.15, 0.2) is 0 Å². The molecule has 27 heavy (non-hydrogen) atoms. The van der Waals surface area contributed by atoms with Gasteiger partial charge in [-0.3, -0.25) is 0 Å². The molecule has 0 N–H and O–H groups in total. The van der Waals surface area contributed by atoms with Crippen LogP contribution < -0.4 is 0 Å². The molecule has 8 heteroatoms. The predicted octanol–water partition coefficient (Wildman–Crippen LogP) is 1.99. The molecule has 0 amide bonds. The van der Waals surface area contributed by atoms with E-state index in [0.717, 1.165) is 0 Å². The van der Waals surface area contributed by atoms with Crippen LogP contribution in [0, 0.1) is 0 Å². The van der Waals surface area contributed by atoms with E-state index in [1.54, 1.807) is 20.8 Å². The number of methoxy groups -OCH3 is 1. The summed E-state index contributed by atoms with van der Waals surface area (Å²) in [5.74, 6) is -1.20. The number of ether oxygens (including phenoxy) is 5. The number of esters is 3. The molecule has 0 spiro atoms. The van der Waals surface area contributed by atoms with E-state index in [-0.39, 0.29) is 19.2 Å². The zero-order chi connectivity index (χ0) is 21.2.